The van der Waals surface area contributed by atoms with E-state index in [0.29, 0.717) is 24.3 Å². The van der Waals surface area contributed by atoms with Crippen molar-refractivity contribution in [1.29, 1.82) is 0 Å². The van der Waals surface area contributed by atoms with E-state index in [2.05, 4.69) is 0 Å². The number of carbonyl (C=O) groups excluding carboxylic acids is 6. The first-order valence-corrected chi connectivity index (χ1v) is 18.0. The van der Waals surface area contributed by atoms with Crippen molar-refractivity contribution in [3.63, 3.8) is 0 Å². The Balaban J connectivity index is 1.89. The van der Waals surface area contributed by atoms with E-state index in [1.54, 1.807) is 0 Å². The predicted molar refractivity (Wildman–Crippen MR) is 211 cm³/mol. The Hall–Kier alpha value is -9.40. The molecule has 0 heterocycles. The molecule has 0 aliphatic carbocycles. The van der Waals surface area contributed by atoms with Crippen molar-refractivity contribution < 1.29 is 130 Å². The maximum Gasteiger partial charge on any atom is 0.338 e. The van der Waals surface area contributed by atoms with Gasteiger partial charge in [-0.05, 0) is 60.7 Å². The van der Waals surface area contributed by atoms with E-state index in [0.717, 1.165) is 0 Å². The first-order chi connectivity index (χ1) is 31.1. The normalized spacial score (nSPS) is 13.8. The largest absolute Gasteiger partial charge is 0.504 e. The molecule has 5 rings (SSSR count). The number of carbonyl (C=O) groups is 6. The minimum atomic E-state index is -5.15. The summed E-state index contributed by atoms with van der Waals surface area (Å²) in [7, 11) is 0. The van der Waals surface area contributed by atoms with Crippen LogP contribution >= 0.6 is 0 Å². The van der Waals surface area contributed by atoms with Gasteiger partial charge in [-0.15, -0.1) is 0 Å². The van der Waals surface area contributed by atoms with Crippen LogP contribution in [-0.4, -0.2) is 157 Å². The second-order valence-electron chi connectivity index (χ2n) is 14.1. The number of rotatable bonds is 15. The highest BCUT2D eigenvalue weighted by molar-refractivity contribution is 6.52. The van der Waals surface area contributed by atoms with E-state index in [9.17, 15) is 121 Å². The van der Waals surface area contributed by atoms with Crippen LogP contribution in [0.4, 0.5) is 0 Å². The van der Waals surface area contributed by atoms with Crippen molar-refractivity contribution in [2.45, 2.75) is 23.4 Å². The minimum absolute atomic E-state index is 0.116. The summed E-state index contributed by atoms with van der Waals surface area (Å²) in [5.41, 5.74) is -16.5. The molecule has 0 saturated carbocycles. The lowest BCUT2D eigenvalue weighted by atomic mass is 9.65. The van der Waals surface area contributed by atoms with Gasteiger partial charge in [0.25, 0.3) is 0 Å². The molecule has 0 radical (unpaired) electrons. The lowest BCUT2D eigenvalue weighted by Crippen LogP contribution is -2.76. The first-order valence-electron chi connectivity index (χ1n) is 18.0. The van der Waals surface area contributed by atoms with E-state index in [-0.39, 0.29) is 36.4 Å². The summed E-state index contributed by atoms with van der Waals surface area (Å²) >= 11 is 0. The van der Waals surface area contributed by atoms with Gasteiger partial charge in [0.1, 0.15) is 12.7 Å². The number of aliphatic hydroxyl groups is 3. The molecule has 18 N–H and O–H groups in total. The fourth-order valence-corrected chi connectivity index (χ4v) is 6.28. The van der Waals surface area contributed by atoms with Crippen LogP contribution in [-0.2, 0) is 14.3 Å². The molecule has 0 aliphatic rings. The summed E-state index contributed by atoms with van der Waals surface area (Å²) in [5.74, 6) is -34.4. The Morgan fingerprint density at radius 3 is 1.04 bits per heavy atom. The molecule has 0 fully saturated rings. The molecule has 0 spiro atoms. The summed E-state index contributed by atoms with van der Waals surface area (Å²) in [4.78, 5) is 85.5. The van der Waals surface area contributed by atoms with Gasteiger partial charge < -0.3 is 101 Å². The Kier molecular flexibility index (Phi) is 12.8. The molecular weight excluding hydrogens is 908 g/mol. The fourth-order valence-electron chi connectivity index (χ4n) is 6.28. The third-order valence-corrected chi connectivity index (χ3v) is 9.75. The number of benzene rings is 5. The van der Waals surface area contributed by atoms with Crippen molar-refractivity contribution in [2.75, 3.05) is 6.61 Å². The van der Waals surface area contributed by atoms with Gasteiger partial charge in [0, 0.05) is 16.7 Å². The minimum Gasteiger partial charge on any atom is -0.504 e. The zero-order valence-electron chi connectivity index (χ0n) is 33.0. The molecule has 0 unspecified atom stereocenters. The maximum atomic E-state index is 15.0. The van der Waals surface area contributed by atoms with Gasteiger partial charge in [-0.3, -0.25) is 19.2 Å². The zero-order valence-corrected chi connectivity index (χ0v) is 33.0. The van der Waals surface area contributed by atoms with Gasteiger partial charge in [0.15, 0.2) is 92.3 Å². The van der Waals surface area contributed by atoms with E-state index < -0.39 is 179 Å². The summed E-state index contributed by atoms with van der Waals surface area (Å²) < 4.78 is 10.0. The number of aliphatic hydroxyl groups excluding tert-OH is 1. The van der Waals surface area contributed by atoms with Gasteiger partial charge in [0.2, 0.25) is 34.3 Å². The summed E-state index contributed by atoms with van der Waals surface area (Å²) in [6, 6.07) is 2.43. The number of phenolic OH excluding ortho intramolecular Hbond substituents is 15. The van der Waals surface area contributed by atoms with Gasteiger partial charge in [-0.1, -0.05) is 0 Å². The van der Waals surface area contributed by atoms with Crippen molar-refractivity contribution in [2.24, 2.45) is 0 Å². The molecular formula is C41H32O26. The Bertz CT molecular complexity index is 2810. The molecule has 26 nitrogen and oxygen atoms in total. The highest BCUT2D eigenvalue weighted by atomic mass is 16.6. The molecule has 0 saturated heterocycles. The second-order valence-corrected chi connectivity index (χ2v) is 14.1. The Morgan fingerprint density at radius 2 is 0.701 bits per heavy atom. The average molecular weight is 941 g/mol. The monoisotopic (exact) mass is 940 g/mol. The topological polar surface area (TPSA) is 485 Å². The molecule has 67 heavy (non-hydrogen) atoms. The fraction of sp³-hybridized carbons (Fsp3) is 0.122. The molecule has 4 atom stereocenters. The maximum absolute atomic E-state index is 15.0. The summed E-state index contributed by atoms with van der Waals surface area (Å²) in [6.45, 7) is -1.82. The van der Waals surface area contributed by atoms with Crippen LogP contribution < -0.4 is 0 Å². The van der Waals surface area contributed by atoms with Crippen LogP contribution in [0.5, 0.6) is 86.2 Å². The van der Waals surface area contributed by atoms with E-state index in [4.69, 9.17) is 9.47 Å². The number of hydrogen-bond acceptors (Lipinski definition) is 26. The number of aromatic hydroxyl groups is 15. The highest BCUT2D eigenvalue weighted by Crippen LogP contribution is 2.45. The van der Waals surface area contributed by atoms with Gasteiger partial charge in [0.05, 0.1) is 11.1 Å². The van der Waals surface area contributed by atoms with Gasteiger partial charge in [-0.25, -0.2) is 9.59 Å². The summed E-state index contributed by atoms with van der Waals surface area (Å²) in [5, 5.41) is 189. The zero-order chi connectivity index (χ0) is 50.4. The Morgan fingerprint density at radius 1 is 0.418 bits per heavy atom. The van der Waals surface area contributed by atoms with Crippen molar-refractivity contribution in [3.05, 3.63) is 88.5 Å². The Labute approximate surface area is 369 Å². The van der Waals surface area contributed by atoms with Crippen molar-refractivity contribution >= 4 is 35.1 Å². The lowest BCUT2D eigenvalue weighted by molar-refractivity contribution is -0.186. The predicted octanol–water partition coefficient (Wildman–Crippen LogP) is -0.306. The number of ketones is 4. The van der Waals surface area contributed by atoms with Gasteiger partial charge >= 0.3 is 11.9 Å². The van der Waals surface area contributed by atoms with Gasteiger partial charge in [-0.2, -0.15) is 0 Å². The highest BCUT2D eigenvalue weighted by Gasteiger charge is 2.71. The van der Waals surface area contributed by atoms with Crippen LogP contribution in [0, 0.1) is 0 Å². The SMILES string of the molecule is O=C(OC[C@@H](O)[C@@H](OC(=O)c1cc(O)c(O)c(O)c1)[C@@](O)(C(=O)c1cc(O)c(O)c(O)c1)[C@@](O)(C(=O)C(=O)c1cc(O)c(O)c(O)c1)C(=O)c1cc(O)c(O)c(O)c1)c1cc(O)c(O)c(O)c1. The number of esters is 2. The number of phenols is 15. The molecule has 0 aromatic heterocycles. The quantitative estimate of drug-likeness (QED) is 0.0210. The summed E-state index contributed by atoms with van der Waals surface area (Å²) in [6.07, 6.45) is -6.94. The van der Waals surface area contributed by atoms with Crippen LogP contribution in [0.2, 0.25) is 0 Å². The average Bonchev–Trinajstić information content (AvgIpc) is 3.28. The van der Waals surface area contributed by atoms with Crippen LogP contribution in [0.15, 0.2) is 60.7 Å². The number of Topliss-reactive ketones (excluding diaryl/α,β-unsaturated/α-hetero) is 4. The number of hydrogen-bond donors (Lipinski definition) is 18. The molecule has 26 heteroatoms. The van der Waals surface area contributed by atoms with E-state index in [1.807, 2.05) is 0 Å². The molecule has 5 aromatic carbocycles. The molecule has 5 aromatic rings. The third kappa shape index (κ3) is 8.54. The molecule has 0 amide bonds. The molecule has 352 valence electrons. The molecule has 0 aliphatic heterocycles. The lowest BCUT2D eigenvalue weighted by Gasteiger charge is -2.44. The second kappa shape index (κ2) is 17.6. The van der Waals surface area contributed by atoms with Crippen LogP contribution in [0.1, 0.15) is 51.8 Å². The first kappa shape index (κ1) is 48.6. The van der Waals surface area contributed by atoms with Crippen molar-refractivity contribution in [3.8, 4) is 86.2 Å². The third-order valence-electron chi connectivity index (χ3n) is 9.75. The smallest absolute Gasteiger partial charge is 0.338 e. The standard InChI is InChI=1S/C41H32O26/c42-17-1-12(2-18(43)29(17)54)28(53)36(61)40(64,34(59)13-3-19(44)30(55)20(45)4-13)41(65,35(60)14-5-21(46)31(56)22(47)6-14)37(67-39(63)16-9-25(50)33(58)26(51)10-16)27(52)11-66-38(62)15-7-23(48)32(57)24(49)8-15/h1-10,27,37,42-52,54-58,64-65H,11H2/t27-,37-,40+,41+/m1/s1. The van der Waals surface area contributed by atoms with E-state index >= 15 is 0 Å². The van der Waals surface area contributed by atoms with Crippen LogP contribution in [0.3, 0.4) is 0 Å². The number of ether oxygens (including phenoxy) is 2. The van der Waals surface area contributed by atoms with Crippen LogP contribution in [0.25, 0.3) is 0 Å². The van der Waals surface area contributed by atoms with E-state index in [1.165, 1.54) is 0 Å². The van der Waals surface area contributed by atoms with Crippen molar-refractivity contribution in [1.82, 2.24) is 0 Å². The molecule has 0 bridgehead atoms.